The van der Waals surface area contributed by atoms with Crippen LogP contribution >= 0.6 is 11.6 Å². The molecule has 2 unspecified atom stereocenters. The maximum absolute atomic E-state index is 13.0. The van der Waals surface area contributed by atoms with Gasteiger partial charge in [-0.1, -0.05) is 29.8 Å². The molecule has 1 aliphatic heterocycles. The highest BCUT2D eigenvalue weighted by Crippen LogP contribution is 2.40. The number of rotatable bonds is 8. The second-order valence-electron chi connectivity index (χ2n) is 9.82. The summed E-state index contributed by atoms with van der Waals surface area (Å²) in [5.41, 5.74) is 12.3. The lowest BCUT2D eigenvalue weighted by Gasteiger charge is -2.27. The first-order valence-electron chi connectivity index (χ1n) is 12.9. The van der Waals surface area contributed by atoms with Crippen LogP contribution < -0.4 is 16.8 Å². The Morgan fingerprint density at radius 2 is 1.95 bits per heavy atom. The Morgan fingerprint density at radius 3 is 2.50 bits per heavy atom. The van der Waals surface area contributed by atoms with Crippen molar-refractivity contribution in [3.8, 4) is 0 Å². The Hall–Kier alpha value is -3.67. The number of carbonyl (C=O) groups is 4. The van der Waals surface area contributed by atoms with E-state index in [0.29, 0.717) is 40.8 Å². The van der Waals surface area contributed by atoms with Gasteiger partial charge in [0.05, 0.1) is 29.5 Å². The number of fused-ring (bicyclic) bond motifs is 3. The zero-order chi connectivity index (χ0) is 29.4. The van der Waals surface area contributed by atoms with Crippen molar-refractivity contribution in [2.45, 2.75) is 50.9 Å². The molecule has 214 valence electrons. The van der Waals surface area contributed by atoms with Gasteiger partial charge < -0.3 is 26.4 Å². The number of likely N-dealkylation sites (tertiary alicyclic amines) is 1. The number of nitrogens with two attached hydrogens (primary N) is 2. The number of aldehydes is 2. The van der Waals surface area contributed by atoms with Crippen LogP contribution in [0.15, 0.2) is 36.4 Å². The monoisotopic (exact) mass is 572 g/mol. The maximum atomic E-state index is 13.0. The molecular formula is C28H34ClFN6O4. The zero-order valence-electron chi connectivity index (χ0n) is 22.5. The number of nitrogens with zero attached hydrogens (tertiary/aromatic N) is 3. The first kappa shape index (κ1) is 30.9. The minimum Gasteiger partial charge on any atom is -0.369 e. The molecule has 1 saturated carbocycles. The highest BCUT2D eigenvalue weighted by molar-refractivity contribution is 6.30. The Labute approximate surface area is 236 Å². The van der Waals surface area contributed by atoms with E-state index in [0.717, 1.165) is 12.3 Å². The Kier molecular flexibility index (Phi) is 10.9. The summed E-state index contributed by atoms with van der Waals surface area (Å²) >= 11 is 5.55. The number of benzene rings is 2. The maximum Gasteiger partial charge on any atom is 0.269 e. The van der Waals surface area contributed by atoms with Crippen molar-refractivity contribution in [1.29, 1.82) is 0 Å². The predicted octanol–water partition coefficient (Wildman–Crippen LogP) is 2.23. The van der Waals surface area contributed by atoms with Gasteiger partial charge in [-0.2, -0.15) is 5.10 Å². The molecule has 10 nitrogen and oxygen atoms in total. The van der Waals surface area contributed by atoms with Crippen molar-refractivity contribution in [3.63, 3.8) is 0 Å². The number of hydrogen-bond acceptors (Lipinski definition) is 7. The van der Waals surface area contributed by atoms with E-state index >= 15 is 0 Å². The zero-order valence-corrected chi connectivity index (χ0v) is 23.2. The molecule has 1 aliphatic carbocycles. The van der Waals surface area contributed by atoms with Crippen LogP contribution in [0, 0.1) is 11.7 Å². The van der Waals surface area contributed by atoms with Crippen molar-refractivity contribution < 1.29 is 23.6 Å². The van der Waals surface area contributed by atoms with Crippen LogP contribution in [0.3, 0.4) is 0 Å². The van der Waals surface area contributed by atoms with Crippen molar-refractivity contribution in [3.05, 3.63) is 64.1 Å². The summed E-state index contributed by atoms with van der Waals surface area (Å²) in [6.45, 7) is 0.533. The predicted molar refractivity (Wildman–Crippen MR) is 150 cm³/mol. The number of aromatic nitrogens is 2. The average molecular weight is 573 g/mol. The van der Waals surface area contributed by atoms with E-state index in [4.69, 9.17) is 23.1 Å². The third-order valence-electron chi connectivity index (χ3n) is 7.19. The van der Waals surface area contributed by atoms with Crippen molar-refractivity contribution in [2.24, 2.45) is 17.4 Å². The molecule has 12 heteroatoms. The van der Waals surface area contributed by atoms with Gasteiger partial charge in [-0.15, -0.1) is 0 Å². The van der Waals surface area contributed by atoms with E-state index in [1.807, 2.05) is 0 Å². The van der Waals surface area contributed by atoms with Crippen LogP contribution in [0.5, 0.6) is 0 Å². The Balaban J connectivity index is 0.000000178. The fourth-order valence-corrected chi connectivity index (χ4v) is 5.45. The largest absolute Gasteiger partial charge is 0.369 e. The van der Waals surface area contributed by atoms with Crippen molar-refractivity contribution in [2.75, 3.05) is 14.1 Å². The van der Waals surface area contributed by atoms with Gasteiger partial charge in [-0.25, -0.2) is 4.39 Å². The van der Waals surface area contributed by atoms with E-state index in [1.54, 1.807) is 37.4 Å². The molecule has 2 aliphatic rings. The molecule has 1 saturated heterocycles. The minimum absolute atomic E-state index is 0.0267. The van der Waals surface area contributed by atoms with E-state index in [1.165, 1.54) is 30.0 Å². The van der Waals surface area contributed by atoms with Gasteiger partial charge in [0.25, 0.3) is 5.91 Å². The molecule has 1 aromatic heterocycles. The van der Waals surface area contributed by atoms with E-state index in [-0.39, 0.29) is 35.5 Å². The van der Waals surface area contributed by atoms with E-state index < -0.39 is 11.8 Å². The first-order valence-corrected chi connectivity index (χ1v) is 13.2. The molecule has 40 heavy (non-hydrogen) atoms. The Bertz CT molecular complexity index is 1380. The van der Waals surface area contributed by atoms with Crippen LogP contribution in [0.1, 0.15) is 40.9 Å². The number of hydrogen-bond donors (Lipinski definition) is 3. The molecule has 3 atom stereocenters. The molecule has 2 heterocycles. The standard InChI is InChI=1S/C12H12N4O3.C8H9ClFN.C8H13NO/c13-10(18)6-7-1-2-9-8(5-7)11(12(14)19)15-16(9)3-4-17;1-11-5-6-3-2-4-7(9)8(6)10;1-9-7-3-2-6(4-7)8(9)5-10/h1-2,4-5H,3,6H2,(H2,13,18)(H2,14,19);2-4,11H,5H2,1H3;5-8H,2-4H2,1H3/t;;6?,7-,8?/m..0/s1. The lowest BCUT2D eigenvalue weighted by atomic mass is 10.0. The first-order chi connectivity index (χ1) is 19.1. The smallest absolute Gasteiger partial charge is 0.269 e. The summed E-state index contributed by atoms with van der Waals surface area (Å²) in [5, 5.41) is 7.53. The van der Waals surface area contributed by atoms with E-state index in [9.17, 15) is 23.6 Å². The van der Waals surface area contributed by atoms with Crippen LogP contribution in [-0.4, -0.2) is 65.2 Å². The summed E-state index contributed by atoms with van der Waals surface area (Å²) in [4.78, 5) is 45.6. The number of likely N-dealkylation sites (N-methyl/N-ethyl adjacent to an activating group) is 1. The molecule has 2 fully saturated rings. The van der Waals surface area contributed by atoms with Crippen LogP contribution in [-0.2, 0) is 33.9 Å². The quantitative estimate of drug-likeness (QED) is 0.350. The Morgan fingerprint density at radius 1 is 1.20 bits per heavy atom. The third kappa shape index (κ3) is 7.29. The molecule has 2 aromatic carbocycles. The highest BCUT2D eigenvalue weighted by atomic mass is 35.5. The molecule has 0 radical (unpaired) electrons. The lowest BCUT2D eigenvalue weighted by molar-refractivity contribution is -0.117. The number of amides is 2. The second-order valence-corrected chi connectivity index (χ2v) is 10.2. The fraction of sp³-hybridized carbons (Fsp3) is 0.393. The van der Waals surface area contributed by atoms with Crippen LogP contribution in [0.25, 0.3) is 10.9 Å². The number of halogens is 2. The van der Waals surface area contributed by atoms with Gasteiger partial charge in [0.2, 0.25) is 5.91 Å². The minimum atomic E-state index is -0.689. The average Bonchev–Trinajstić information content (AvgIpc) is 3.61. The molecule has 5 rings (SSSR count). The molecule has 2 bridgehead atoms. The van der Waals surface area contributed by atoms with Gasteiger partial charge in [-0.05, 0) is 63.0 Å². The van der Waals surface area contributed by atoms with Crippen molar-refractivity contribution >= 4 is 46.9 Å². The number of nitrogens with one attached hydrogen (secondary N) is 1. The number of primary amides is 2. The molecule has 5 N–H and O–H groups in total. The summed E-state index contributed by atoms with van der Waals surface area (Å²) < 4.78 is 14.4. The van der Waals surface area contributed by atoms with Gasteiger partial charge in [0.15, 0.2) is 5.69 Å². The number of piperidine rings is 1. The fourth-order valence-electron chi connectivity index (χ4n) is 5.26. The van der Waals surface area contributed by atoms with Gasteiger partial charge >= 0.3 is 0 Å². The SMILES string of the molecule is CN1C(C=O)C2CC[C@H]1C2.CNCc1cccc(Cl)c1F.NC(=O)Cc1ccc2c(c1)c(C(N)=O)nn2CC=O. The summed E-state index contributed by atoms with van der Waals surface area (Å²) in [6.07, 6.45) is 5.70. The van der Waals surface area contributed by atoms with Crippen LogP contribution in [0.2, 0.25) is 5.02 Å². The summed E-state index contributed by atoms with van der Waals surface area (Å²) in [7, 11) is 3.84. The van der Waals surface area contributed by atoms with Crippen LogP contribution in [0.4, 0.5) is 4.39 Å². The van der Waals surface area contributed by atoms with Crippen molar-refractivity contribution in [1.82, 2.24) is 20.0 Å². The molecule has 3 aromatic rings. The van der Waals surface area contributed by atoms with Gasteiger partial charge in [-0.3, -0.25) is 19.2 Å². The lowest BCUT2D eigenvalue weighted by Crippen LogP contribution is -2.38. The molecule has 2 amide bonds. The topological polar surface area (TPSA) is 153 Å². The third-order valence-corrected chi connectivity index (χ3v) is 7.48. The molecule has 0 spiro atoms. The van der Waals surface area contributed by atoms with E-state index in [2.05, 4.69) is 22.4 Å². The second kappa shape index (κ2) is 14.1. The van der Waals surface area contributed by atoms with Gasteiger partial charge in [0, 0.05) is 23.5 Å². The highest BCUT2D eigenvalue weighted by Gasteiger charge is 2.43. The summed E-state index contributed by atoms with van der Waals surface area (Å²) in [6, 6.07) is 11.0. The number of carbonyl (C=O) groups excluding carboxylic acids is 4. The molecular weight excluding hydrogens is 539 g/mol. The summed E-state index contributed by atoms with van der Waals surface area (Å²) in [5.74, 6) is -0.804. The normalized spacial score (nSPS) is 19.4. The van der Waals surface area contributed by atoms with Gasteiger partial charge in [0.1, 0.15) is 18.4 Å².